The minimum Gasteiger partial charge on any atom is -0.357 e. The van der Waals surface area contributed by atoms with Gasteiger partial charge in [-0.1, -0.05) is 29.5 Å². The van der Waals surface area contributed by atoms with Crippen LogP contribution in [0.25, 0.3) is 10.6 Å². The first-order chi connectivity index (χ1) is 13.1. The van der Waals surface area contributed by atoms with Gasteiger partial charge >= 0.3 is 0 Å². The molecule has 4 N–H and O–H groups in total. The van der Waals surface area contributed by atoms with Crippen LogP contribution in [0.2, 0.25) is 0 Å². The number of carbonyl (C=O) groups is 1. The third-order valence-corrected chi connectivity index (χ3v) is 6.23. The molecule has 142 valence electrons. The Kier molecular flexibility index (Phi) is 5.20. The Bertz CT molecular complexity index is 837. The van der Waals surface area contributed by atoms with E-state index in [9.17, 15) is 4.79 Å². The van der Waals surface area contributed by atoms with Gasteiger partial charge in [0.05, 0.1) is 0 Å². The number of aromatic nitrogens is 2. The third-order valence-electron chi connectivity index (χ3n) is 5.33. The molecule has 1 aromatic carbocycles. The Morgan fingerprint density at radius 2 is 2.26 bits per heavy atom. The van der Waals surface area contributed by atoms with Gasteiger partial charge in [-0.05, 0) is 30.9 Å². The van der Waals surface area contributed by atoms with Crippen molar-refractivity contribution < 1.29 is 4.79 Å². The molecule has 27 heavy (non-hydrogen) atoms. The minimum atomic E-state index is -0.0891. The maximum absolute atomic E-state index is 11.3. The first-order valence-electron chi connectivity index (χ1n) is 9.23. The van der Waals surface area contributed by atoms with Crippen LogP contribution in [-0.2, 0) is 4.79 Å². The molecule has 1 aromatic heterocycles. The van der Waals surface area contributed by atoms with Gasteiger partial charge in [0.2, 0.25) is 11.0 Å². The number of rotatable bonds is 5. The molecule has 2 aromatic rings. The molecule has 7 nitrogen and oxygen atoms in total. The molecule has 8 heteroatoms. The van der Waals surface area contributed by atoms with Crippen LogP contribution in [0.3, 0.4) is 0 Å². The average molecular weight is 385 g/mol. The van der Waals surface area contributed by atoms with E-state index in [1.165, 1.54) is 18.3 Å². The zero-order valence-corrected chi connectivity index (χ0v) is 16.1. The molecular weight excluding hydrogens is 360 g/mol. The number of fused-ring (bicyclic) bond motifs is 1. The molecule has 1 saturated carbocycles. The first-order valence-corrected chi connectivity index (χ1v) is 10.0. The van der Waals surface area contributed by atoms with Gasteiger partial charge in [-0.25, -0.2) is 0 Å². The highest BCUT2D eigenvalue weighted by molar-refractivity contribution is 7.18. The minimum absolute atomic E-state index is 0.0891. The predicted molar refractivity (Wildman–Crippen MR) is 108 cm³/mol. The lowest BCUT2D eigenvalue weighted by Gasteiger charge is -2.37. The van der Waals surface area contributed by atoms with E-state index in [1.807, 2.05) is 24.3 Å². The Balaban J connectivity index is 1.48. The highest BCUT2D eigenvalue weighted by Gasteiger charge is 2.40. The van der Waals surface area contributed by atoms with Crippen molar-refractivity contribution in [3.05, 3.63) is 36.9 Å². The second kappa shape index (κ2) is 7.75. The molecule has 0 bridgehead atoms. The van der Waals surface area contributed by atoms with Crippen LogP contribution in [0.1, 0.15) is 19.8 Å². The molecule has 4 unspecified atom stereocenters. The van der Waals surface area contributed by atoms with Gasteiger partial charge in [-0.2, -0.15) is 0 Å². The molecule has 1 aliphatic heterocycles. The van der Waals surface area contributed by atoms with Gasteiger partial charge < -0.3 is 10.6 Å². The number of benzene rings is 1. The van der Waals surface area contributed by atoms with E-state index in [-0.39, 0.29) is 5.91 Å². The average Bonchev–Trinajstić information content (AvgIpc) is 3.30. The summed E-state index contributed by atoms with van der Waals surface area (Å²) in [7, 11) is 0. The third kappa shape index (κ3) is 3.87. The van der Waals surface area contributed by atoms with E-state index in [4.69, 9.17) is 0 Å². The quantitative estimate of drug-likeness (QED) is 0.593. The van der Waals surface area contributed by atoms with Crippen LogP contribution in [0.15, 0.2) is 36.9 Å². The predicted octanol–water partition coefficient (Wildman–Crippen LogP) is 2.63. The maximum Gasteiger partial charge on any atom is 0.221 e. The van der Waals surface area contributed by atoms with E-state index >= 15 is 0 Å². The van der Waals surface area contributed by atoms with Crippen molar-refractivity contribution in [3.63, 3.8) is 0 Å². The van der Waals surface area contributed by atoms with Crippen LogP contribution in [-0.4, -0.2) is 34.7 Å². The molecule has 4 atom stereocenters. The van der Waals surface area contributed by atoms with Crippen LogP contribution < -0.4 is 21.5 Å². The number of hydrogen-bond donors (Lipinski definition) is 4. The van der Waals surface area contributed by atoms with Crippen molar-refractivity contribution in [2.45, 2.75) is 31.8 Å². The van der Waals surface area contributed by atoms with Gasteiger partial charge in [0, 0.05) is 42.7 Å². The van der Waals surface area contributed by atoms with Crippen molar-refractivity contribution in [1.29, 1.82) is 0 Å². The molecule has 1 aliphatic carbocycles. The Labute approximate surface area is 162 Å². The Morgan fingerprint density at radius 1 is 1.37 bits per heavy atom. The summed E-state index contributed by atoms with van der Waals surface area (Å²) < 4.78 is 0. The van der Waals surface area contributed by atoms with Crippen molar-refractivity contribution >= 4 is 28.1 Å². The highest BCUT2D eigenvalue weighted by Crippen LogP contribution is 2.36. The molecule has 1 saturated heterocycles. The first kappa shape index (κ1) is 18.1. The maximum atomic E-state index is 11.3. The standard InChI is InChI=1S/C19H24N6OS/c1-3-14-15-10-20-23-17(15)8-7-16(14)22-19-25-24-18(27-19)12-5-4-6-13(9-12)21-11(2)26/h3-6,9,14-17,20,23H,1,7-8,10H2,2H3,(H,21,26)(H,22,25). The van der Waals surface area contributed by atoms with E-state index in [0.29, 0.717) is 23.9 Å². The molecule has 2 fully saturated rings. The largest absolute Gasteiger partial charge is 0.357 e. The fourth-order valence-electron chi connectivity index (χ4n) is 4.10. The number of amides is 1. The number of hydrogen-bond acceptors (Lipinski definition) is 7. The molecule has 2 aliphatic rings. The number of nitrogens with one attached hydrogen (secondary N) is 4. The van der Waals surface area contributed by atoms with Gasteiger partial charge in [0.15, 0.2) is 0 Å². The van der Waals surface area contributed by atoms with Crippen molar-refractivity contribution in [2.24, 2.45) is 11.8 Å². The lowest BCUT2D eigenvalue weighted by atomic mass is 9.74. The second-order valence-electron chi connectivity index (χ2n) is 7.11. The SMILES string of the molecule is C=CC1C(Nc2nnc(-c3cccc(NC(C)=O)c3)s2)CCC2NNCC21. The molecule has 0 spiro atoms. The summed E-state index contributed by atoms with van der Waals surface area (Å²) >= 11 is 1.53. The van der Waals surface area contributed by atoms with Crippen molar-refractivity contribution in [2.75, 3.05) is 17.2 Å². The van der Waals surface area contributed by atoms with Gasteiger partial charge in [-0.15, -0.1) is 16.8 Å². The number of carbonyl (C=O) groups excluding carboxylic acids is 1. The molecular formula is C19H24N6OS. The van der Waals surface area contributed by atoms with E-state index in [1.54, 1.807) is 0 Å². The number of nitrogens with zero attached hydrogens (tertiary/aromatic N) is 2. The fourth-order valence-corrected chi connectivity index (χ4v) is 4.90. The topological polar surface area (TPSA) is 91.0 Å². The van der Waals surface area contributed by atoms with Crippen LogP contribution in [0, 0.1) is 11.8 Å². The summed E-state index contributed by atoms with van der Waals surface area (Å²) in [6.45, 7) is 6.53. The summed E-state index contributed by atoms with van der Waals surface area (Å²) in [4.78, 5) is 11.3. The van der Waals surface area contributed by atoms with Crippen molar-refractivity contribution in [3.8, 4) is 10.6 Å². The van der Waals surface area contributed by atoms with Crippen LogP contribution >= 0.6 is 11.3 Å². The fraction of sp³-hybridized carbons (Fsp3) is 0.421. The lowest BCUT2D eigenvalue weighted by molar-refractivity contribution is -0.114. The summed E-state index contributed by atoms with van der Waals surface area (Å²) in [5, 5.41) is 16.7. The number of hydrazine groups is 1. The highest BCUT2D eigenvalue weighted by atomic mass is 32.1. The summed E-state index contributed by atoms with van der Waals surface area (Å²) in [6.07, 6.45) is 4.27. The second-order valence-corrected chi connectivity index (χ2v) is 8.09. The smallest absolute Gasteiger partial charge is 0.221 e. The molecule has 1 amide bonds. The van der Waals surface area contributed by atoms with Gasteiger partial charge in [0.25, 0.3) is 0 Å². The Morgan fingerprint density at radius 3 is 3.07 bits per heavy atom. The summed E-state index contributed by atoms with van der Waals surface area (Å²) in [5.74, 6) is 0.853. The molecule has 4 rings (SSSR count). The zero-order chi connectivity index (χ0) is 18.8. The lowest BCUT2D eigenvalue weighted by Crippen LogP contribution is -2.45. The molecule has 0 radical (unpaired) electrons. The van der Waals surface area contributed by atoms with E-state index in [0.717, 1.165) is 40.8 Å². The Hall–Kier alpha value is -2.29. The summed E-state index contributed by atoms with van der Waals surface area (Å²) in [6, 6.07) is 8.50. The van der Waals surface area contributed by atoms with E-state index in [2.05, 4.69) is 44.3 Å². The van der Waals surface area contributed by atoms with Crippen LogP contribution in [0.4, 0.5) is 10.8 Å². The molecule has 2 heterocycles. The van der Waals surface area contributed by atoms with Crippen molar-refractivity contribution in [1.82, 2.24) is 21.0 Å². The normalized spacial score (nSPS) is 27.0. The summed E-state index contributed by atoms with van der Waals surface area (Å²) in [5.41, 5.74) is 8.35. The van der Waals surface area contributed by atoms with Gasteiger partial charge in [-0.3, -0.25) is 15.6 Å². The van der Waals surface area contributed by atoms with Gasteiger partial charge in [0.1, 0.15) is 5.01 Å². The zero-order valence-electron chi connectivity index (χ0n) is 15.2. The van der Waals surface area contributed by atoms with Crippen LogP contribution in [0.5, 0.6) is 0 Å². The number of anilines is 2. The van der Waals surface area contributed by atoms with E-state index < -0.39 is 0 Å². The monoisotopic (exact) mass is 384 g/mol.